The summed E-state index contributed by atoms with van der Waals surface area (Å²) in [5, 5.41) is 10.3. The summed E-state index contributed by atoms with van der Waals surface area (Å²) in [7, 11) is 1.43. The van der Waals surface area contributed by atoms with E-state index in [-0.39, 0.29) is 22.1 Å². The molecular weight excluding hydrogens is 355 g/mol. The van der Waals surface area contributed by atoms with E-state index in [1.807, 2.05) is 19.2 Å². The SMILES string of the molecule is C[C@@H](CNC(=O)c1cc2c(C(F)(F)F)nn(C)c2s1)Cn1cccn1. The summed E-state index contributed by atoms with van der Waals surface area (Å²) in [5.41, 5.74) is -0.965. The number of fused-ring (bicyclic) bond motifs is 1. The van der Waals surface area contributed by atoms with Crippen LogP contribution in [0.1, 0.15) is 22.3 Å². The first-order valence-corrected chi connectivity index (χ1v) is 8.36. The van der Waals surface area contributed by atoms with Gasteiger partial charge in [0.1, 0.15) is 4.83 Å². The van der Waals surface area contributed by atoms with E-state index in [4.69, 9.17) is 0 Å². The highest BCUT2D eigenvalue weighted by atomic mass is 32.1. The van der Waals surface area contributed by atoms with Gasteiger partial charge in [-0.2, -0.15) is 23.4 Å². The number of hydrogen-bond acceptors (Lipinski definition) is 4. The second-order valence-electron chi connectivity index (χ2n) is 5.84. The first-order valence-electron chi connectivity index (χ1n) is 7.55. The number of carbonyl (C=O) groups excluding carboxylic acids is 1. The fourth-order valence-corrected chi connectivity index (χ4v) is 3.50. The van der Waals surface area contributed by atoms with E-state index in [9.17, 15) is 18.0 Å². The van der Waals surface area contributed by atoms with Gasteiger partial charge in [-0.15, -0.1) is 11.3 Å². The number of nitrogens with one attached hydrogen (secondary N) is 1. The van der Waals surface area contributed by atoms with Crippen molar-refractivity contribution in [1.29, 1.82) is 0 Å². The van der Waals surface area contributed by atoms with Gasteiger partial charge in [0.15, 0.2) is 5.69 Å². The third-order valence-electron chi connectivity index (χ3n) is 3.67. The average molecular weight is 371 g/mol. The predicted molar refractivity (Wildman–Crippen MR) is 87.3 cm³/mol. The van der Waals surface area contributed by atoms with Crippen LogP contribution in [0.25, 0.3) is 10.2 Å². The van der Waals surface area contributed by atoms with Crippen LogP contribution in [-0.2, 0) is 19.8 Å². The fourth-order valence-electron chi connectivity index (χ4n) is 2.51. The molecule has 0 aliphatic heterocycles. The molecule has 3 aromatic rings. The lowest BCUT2D eigenvalue weighted by atomic mass is 10.2. The third-order valence-corrected chi connectivity index (χ3v) is 4.87. The Bertz CT molecular complexity index is 881. The van der Waals surface area contributed by atoms with Crippen LogP contribution >= 0.6 is 11.3 Å². The van der Waals surface area contributed by atoms with Crippen LogP contribution < -0.4 is 5.32 Å². The van der Waals surface area contributed by atoms with Gasteiger partial charge in [-0.3, -0.25) is 14.2 Å². The Balaban J connectivity index is 1.70. The molecule has 3 aromatic heterocycles. The molecule has 6 nitrogen and oxygen atoms in total. The highest BCUT2D eigenvalue weighted by Gasteiger charge is 2.37. The number of halogens is 3. The van der Waals surface area contributed by atoms with Gasteiger partial charge in [-0.25, -0.2) is 0 Å². The van der Waals surface area contributed by atoms with Crippen LogP contribution in [0.2, 0.25) is 0 Å². The zero-order chi connectivity index (χ0) is 18.2. The molecule has 0 spiro atoms. The monoisotopic (exact) mass is 371 g/mol. The smallest absolute Gasteiger partial charge is 0.351 e. The van der Waals surface area contributed by atoms with Gasteiger partial charge < -0.3 is 5.32 Å². The summed E-state index contributed by atoms with van der Waals surface area (Å²) < 4.78 is 41.9. The van der Waals surface area contributed by atoms with E-state index in [0.717, 1.165) is 16.0 Å². The van der Waals surface area contributed by atoms with Crippen LogP contribution in [0.3, 0.4) is 0 Å². The van der Waals surface area contributed by atoms with E-state index in [0.29, 0.717) is 17.9 Å². The molecule has 1 amide bonds. The maximum atomic E-state index is 13.0. The Labute approximate surface area is 145 Å². The molecule has 3 rings (SSSR count). The first kappa shape index (κ1) is 17.5. The van der Waals surface area contributed by atoms with E-state index in [1.165, 1.54) is 13.1 Å². The molecule has 0 aromatic carbocycles. The van der Waals surface area contributed by atoms with Crippen molar-refractivity contribution in [3.63, 3.8) is 0 Å². The van der Waals surface area contributed by atoms with Crippen molar-refractivity contribution in [2.24, 2.45) is 13.0 Å². The number of aryl methyl sites for hydroxylation is 1. The molecule has 0 aliphatic carbocycles. The molecule has 0 bridgehead atoms. The second-order valence-corrected chi connectivity index (χ2v) is 6.87. The van der Waals surface area contributed by atoms with Crippen molar-refractivity contribution in [2.75, 3.05) is 6.54 Å². The minimum Gasteiger partial charge on any atom is -0.351 e. The van der Waals surface area contributed by atoms with E-state index < -0.39 is 11.9 Å². The number of aromatic nitrogens is 4. The van der Waals surface area contributed by atoms with Crippen molar-refractivity contribution in [3.8, 4) is 0 Å². The van der Waals surface area contributed by atoms with Gasteiger partial charge >= 0.3 is 6.18 Å². The number of alkyl halides is 3. The highest BCUT2D eigenvalue weighted by molar-refractivity contribution is 7.20. The molecule has 10 heteroatoms. The predicted octanol–water partition coefficient (Wildman–Crippen LogP) is 2.92. The number of thiophene rings is 1. The largest absolute Gasteiger partial charge is 0.435 e. The van der Waals surface area contributed by atoms with Gasteiger partial charge in [-0.05, 0) is 18.1 Å². The number of nitrogens with zero attached hydrogens (tertiary/aromatic N) is 4. The maximum Gasteiger partial charge on any atom is 0.435 e. The van der Waals surface area contributed by atoms with Crippen LogP contribution in [0.15, 0.2) is 24.5 Å². The molecule has 3 heterocycles. The molecular formula is C15H16F3N5OS. The highest BCUT2D eigenvalue weighted by Crippen LogP contribution is 2.37. The second kappa shape index (κ2) is 6.51. The normalized spacial score (nSPS) is 13.3. The summed E-state index contributed by atoms with van der Waals surface area (Å²) in [5.74, 6) is -0.257. The van der Waals surface area contributed by atoms with Crippen LogP contribution in [0.4, 0.5) is 13.2 Å². The third kappa shape index (κ3) is 3.68. The van der Waals surface area contributed by atoms with Crippen molar-refractivity contribution >= 4 is 27.5 Å². The van der Waals surface area contributed by atoms with E-state index >= 15 is 0 Å². The Hall–Kier alpha value is -2.36. The lowest BCUT2D eigenvalue weighted by Crippen LogP contribution is -2.29. The number of carbonyl (C=O) groups is 1. The van der Waals surface area contributed by atoms with Crippen molar-refractivity contribution in [2.45, 2.75) is 19.6 Å². The molecule has 0 saturated heterocycles. The van der Waals surface area contributed by atoms with Gasteiger partial charge in [0.2, 0.25) is 0 Å². The minimum absolute atomic E-state index is 0.0465. The topological polar surface area (TPSA) is 64.7 Å². The van der Waals surface area contributed by atoms with Gasteiger partial charge in [0.05, 0.1) is 4.88 Å². The quantitative estimate of drug-likeness (QED) is 0.750. The Morgan fingerprint density at radius 3 is 2.84 bits per heavy atom. The molecule has 0 saturated carbocycles. The number of hydrogen-bond donors (Lipinski definition) is 1. The van der Waals surface area contributed by atoms with Crippen molar-refractivity contribution in [3.05, 3.63) is 35.1 Å². The molecule has 0 aliphatic rings. The molecule has 25 heavy (non-hydrogen) atoms. The Morgan fingerprint density at radius 1 is 1.44 bits per heavy atom. The first-order chi connectivity index (χ1) is 11.8. The average Bonchev–Trinajstić information content (AvgIpc) is 3.22. The Kier molecular flexibility index (Phi) is 4.55. The molecule has 1 N–H and O–H groups in total. The summed E-state index contributed by atoms with van der Waals surface area (Å²) in [6.07, 6.45) is -1.04. The van der Waals surface area contributed by atoms with Crippen molar-refractivity contribution in [1.82, 2.24) is 24.9 Å². The zero-order valence-corrected chi connectivity index (χ0v) is 14.4. The van der Waals surface area contributed by atoms with Gasteiger partial charge in [-0.1, -0.05) is 6.92 Å². The molecule has 0 unspecified atom stereocenters. The van der Waals surface area contributed by atoms with Gasteiger partial charge in [0.25, 0.3) is 5.91 Å². The zero-order valence-electron chi connectivity index (χ0n) is 13.5. The number of rotatable bonds is 5. The summed E-state index contributed by atoms with van der Waals surface area (Å²) in [4.78, 5) is 12.8. The lowest BCUT2D eigenvalue weighted by molar-refractivity contribution is -0.140. The minimum atomic E-state index is -4.55. The molecule has 0 fully saturated rings. The summed E-state index contributed by atoms with van der Waals surface area (Å²) in [6, 6.07) is 3.07. The Morgan fingerprint density at radius 2 is 2.20 bits per heavy atom. The maximum absolute atomic E-state index is 13.0. The lowest BCUT2D eigenvalue weighted by Gasteiger charge is -2.12. The van der Waals surface area contributed by atoms with Crippen molar-refractivity contribution < 1.29 is 18.0 Å². The van der Waals surface area contributed by atoms with Crippen LogP contribution in [0, 0.1) is 5.92 Å². The van der Waals surface area contributed by atoms with E-state index in [1.54, 1.807) is 10.9 Å². The summed E-state index contributed by atoms with van der Waals surface area (Å²) >= 11 is 0.997. The number of amides is 1. The molecule has 1 atom stereocenters. The summed E-state index contributed by atoms with van der Waals surface area (Å²) in [6.45, 7) is 3.00. The molecule has 0 radical (unpaired) electrons. The standard InChI is InChI=1S/C15H16F3N5OS/c1-9(8-23-5-3-4-20-23)7-19-13(24)11-6-10-12(15(16,17)18)21-22(2)14(10)25-11/h3-6,9H,7-8H2,1-2H3,(H,19,24)/t9-/m0/s1. The van der Waals surface area contributed by atoms with Gasteiger partial charge in [0, 0.05) is 37.9 Å². The fraction of sp³-hybridized carbons (Fsp3) is 0.400. The van der Waals surface area contributed by atoms with Crippen LogP contribution in [-0.4, -0.2) is 32.0 Å². The molecule has 134 valence electrons. The van der Waals surface area contributed by atoms with Crippen LogP contribution in [0.5, 0.6) is 0 Å². The van der Waals surface area contributed by atoms with E-state index in [2.05, 4.69) is 15.5 Å².